The number of alkyl halides is 1. The molecule has 48 valence electrons. The van der Waals surface area contributed by atoms with Crippen LogP contribution in [0.5, 0.6) is 0 Å². The van der Waals surface area contributed by atoms with E-state index in [9.17, 15) is 4.79 Å². The second kappa shape index (κ2) is 2.26. The zero-order chi connectivity index (χ0) is 6.85. The molecule has 1 amide bonds. The van der Waals surface area contributed by atoms with E-state index in [4.69, 9.17) is 5.11 Å². The number of hydrogen-bond acceptors (Lipinski definition) is 3. The number of amides is 1. The molecule has 0 fully saturated rings. The second-order valence-corrected chi connectivity index (χ2v) is 2.45. The van der Waals surface area contributed by atoms with Crippen LogP contribution in [0.1, 0.15) is 0 Å². The van der Waals surface area contributed by atoms with Crippen LogP contribution in [0.3, 0.4) is 0 Å². The SMILES string of the molecule is O=C1N=NC(O)=CC1Br. The Hall–Kier alpha value is -0.710. The fraction of sp³-hybridized carbons (Fsp3) is 0.250. The second-order valence-electron chi connectivity index (χ2n) is 1.46. The highest BCUT2D eigenvalue weighted by Crippen LogP contribution is 2.12. The number of aliphatic hydroxyl groups excluding tert-OH is 1. The third-order valence-electron chi connectivity index (χ3n) is 0.782. The van der Waals surface area contributed by atoms with Gasteiger partial charge in [0.25, 0.3) is 5.91 Å². The van der Waals surface area contributed by atoms with Crippen molar-refractivity contribution >= 4 is 21.8 Å². The van der Waals surface area contributed by atoms with Gasteiger partial charge in [0, 0.05) is 6.08 Å². The number of azo groups is 1. The average Bonchev–Trinajstić information content (AvgIpc) is 1.80. The Balaban J connectivity index is 2.82. The van der Waals surface area contributed by atoms with Gasteiger partial charge >= 0.3 is 0 Å². The van der Waals surface area contributed by atoms with Gasteiger partial charge in [-0.15, -0.1) is 10.2 Å². The van der Waals surface area contributed by atoms with Gasteiger partial charge in [-0.05, 0) is 0 Å². The van der Waals surface area contributed by atoms with Gasteiger partial charge in [0.1, 0.15) is 4.83 Å². The molecule has 0 aliphatic carbocycles. The summed E-state index contributed by atoms with van der Waals surface area (Å²) in [5, 5.41) is 14.9. The van der Waals surface area contributed by atoms with Gasteiger partial charge in [-0.25, -0.2) is 0 Å². The molecule has 1 N–H and O–H groups in total. The molecular formula is C4H3BrN2O2. The van der Waals surface area contributed by atoms with Crippen molar-refractivity contribution in [3.05, 3.63) is 12.0 Å². The number of halogens is 1. The minimum atomic E-state index is -0.519. The van der Waals surface area contributed by atoms with Crippen molar-refractivity contribution in [1.82, 2.24) is 0 Å². The maximum atomic E-state index is 10.5. The van der Waals surface area contributed by atoms with Crippen LogP contribution in [-0.2, 0) is 4.79 Å². The van der Waals surface area contributed by atoms with Gasteiger partial charge in [0.15, 0.2) is 0 Å². The van der Waals surface area contributed by atoms with Crippen molar-refractivity contribution in [2.24, 2.45) is 10.2 Å². The molecule has 1 aliphatic heterocycles. The van der Waals surface area contributed by atoms with E-state index in [-0.39, 0.29) is 5.88 Å². The molecular weight excluding hydrogens is 188 g/mol. The molecule has 1 rings (SSSR count). The summed E-state index contributed by atoms with van der Waals surface area (Å²) in [4.78, 5) is 9.96. The lowest BCUT2D eigenvalue weighted by Crippen LogP contribution is -2.11. The fourth-order valence-corrected chi connectivity index (χ4v) is 0.719. The lowest BCUT2D eigenvalue weighted by atomic mass is 10.4. The van der Waals surface area contributed by atoms with Gasteiger partial charge < -0.3 is 5.11 Å². The Labute approximate surface area is 59.4 Å². The molecule has 1 unspecified atom stereocenters. The Bertz CT molecular complexity index is 199. The molecule has 1 heterocycles. The van der Waals surface area contributed by atoms with Gasteiger partial charge in [-0.1, -0.05) is 15.9 Å². The van der Waals surface area contributed by atoms with Crippen molar-refractivity contribution < 1.29 is 9.90 Å². The number of rotatable bonds is 0. The van der Waals surface area contributed by atoms with Crippen LogP contribution in [0.15, 0.2) is 22.2 Å². The first kappa shape index (κ1) is 6.41. The highest BCUT2D eigenvalue weighted by atomic mass is 79.9. The van der Waals surface area contributed by atoms with E-state index in [0.717, 1.165) is 0 Å². The van der Waals surface area contributed by atoms with E-state index in [2.05, 4.69) is 26.2 Å². The minimum absolute atomic E-state index is 0.225. The van der Waals surface area contributed by atoms with Crippen LogP contribution >= 0.6 is 15.9 Å². The maximum Gasteiger partial charge on any atom is 0.282 e. The average molecular weight is 191 g/mol. The zero-order valence-electron chi connectivity index (χ0n) is 4.28. The Morgan fingerprint density at radius 3 is 2.78 bits per heavy atom. The summed E-state index contributed by atoms with van der Waals surface area (Å²) in [6.07, 6.45) is 1.27. The van der Waals surface area contributed by atoms with Crippen LogP contribution in [0.4, 0.5) is 0 Å². The van der Waals surface area contributed by atoms with Crippen molar-refractivity contribution in [2.75, 3.05) is 0 Å². The summed E-state index contributed by atoms with van der Waals surface area (Å²) in [5.74, 6) is -0.621. The van der Waals surface area contributed by atoms with Gasteiger partial charge in [-0.3, -0.25) is 4.79 Å². The van der Waals surface area contributed by atoms with Crippen LogP contribution in [0.25, 0.3) is 0 Å². The number of aliphatic hydroxyl groups is 1. The summed E-state index contributed by atoms with van der Waals surface area (Å²) >= 11 is 2.95. The molecule has 0 spiro atoms. The lowest BCUT2D eigenvalue weighted by molar-refractivity contribution is -0.117. The molecule has 0 saturated carbocycles. The summed E-state index contributed by atoms with van der Waals surface area (Å²) in [5.41, 5.74) is 0. The Morgan fingerprint density at radius 1 is 1.67 bits per heavy atom. The topological polar surface area (TPSA) is 62.0 Å². The Morgan fingerprint density at radius 2 is 2.33 bits per heavy atom. The van der Waals surface area contributed by atoms with Crippen LogP contribution in [-0.4, -0.2) is 15.8 Å². The number of carbonyl (C=O) groups is 1. The predicted molar refractivity (Wildman–Crippen MR) is 33.3 cm³/mol. The number of carbonyl (C=O) groups excluding carboxylic acids is 1. The molecule has 1 atom stereocenters. The van der Waals surface area contributed by atoms with Crippen molar-refractivity contribution in [3.8, 4) is 0 Å². The van der Waals surface area contributed by atoms with Crippen LogP contribution < -0.4 is 0 Å². The highest BCUT2D eigenvalue weighted by molar-refractivity contribution is 9.10. The largest absolute Gasteiger partial charge is 0.492 e. The van der Waals surface area contributed by atoms with Gasteiger partial charge in [-0.2, -0.15) is 0 Å². The summed E-state index contributed by atoms with van der Waals surface area (Å²) in [6.45, 7) is 0. The number of hydrogen-bond donors (Lipinski definition) is 1. The molecule has 0 aromatic carbocycles. The first-order valence-corrected chi connectivity index (χ1v) is 3.12. The smallest absolute Gasteiger partial charge is 0.282 e. The highest BCUT2D eigenvalue weighted by Gasteiger charge is 2.16. The molecule has 4 nitrogen and oxygen atoms in total. The first-order chi connectivity index (χ1) is 4.20. The van der Waals surface area contributed by atoms with Crippen LogP contribution in [0, 0.1) is 0 Å². The minimum Gasteiger partial charge on any atom is -0.492 e. The number of nitrogens with zero attached hydrogens (tertiary/aromatic N) is 2. The monoisotopic (exact) mass is 190 g/mol. The molecule has 0 aromatic rings. The normalized spacial score (nSPS) is 26.1. The van der Waals surface area contributed by atoms with Gasteiger partial charge in [0.2, 0.25) is 5.88 Å². The molecule has 5 heteroatoms. The summed E-state index contributed by atoms with van der Waals surface area (Å²) in [6, 6.07) is 0. The van der Waals surface area contributed by atoms with Crippen molar-refractivity contribution in [3.63, 3.8) is 0 Å². The molecule has 1 aliphatic rings. The molecule has 0 bridgehead atoms. The third-order valence-corrected chi connectivity index (χ3v) is 1.44. The van der Waals surface area contributed by atoms with Crippen LogP contribution in [0.2, 0.25) is 0 Å². The van der Waals surface area contributed by atoms with E-state index in [1.807, 2.05) is 0 Å². The zero-order valence-corrected chi connectivity index (χ0v) is 5.87. The van der Waals surface area contributed by atoms with E-state index in [1.165, 1.54) is 6.08 Å². The summed E-state index contributed by atoms with van der Waals surface area (Å²) in [7, 11) is 0. The standard InChI is InChI=1S/C4H3BrN2O2/c5-2-1-3(8)6-7-4(2)9/h1-2,8H. The quantitative estimate of drug-likeness (QED) is 0.583. The van der Waals surface area contributed by atoms with E-state index >= 15 is 0 Å². The predicted octanol–water partition coefficient (Wildman–Crippen LogP) is 1.14. The van der Waals surface area contributed by atoms with E-state index < -0.39 is 10.7 Å². The van der Waals surface area contributed by atoms with Crippen molar-refractivity contribution in [2.45, 2.75) is 4.83 Å². The lowest BCUT2D eigenvalue weighted by Gasteiger charge is -2.01. The van der Waals surface area contributed by atoms with Gasteiger partial charge in [0.05, 0.1) is 0 Å². The molecule has 0 saturated heterocycles. The first-order valence-electron chi connectivity index (χ1n) is 2.20. The molecule has 0 radical (unpaired) electrons. The van der Waals surface area contributed by atoms with E-state index in [1.54, 1.807) is 0 Å². The molecule has 9 heavy (non-hydrogen) atoms. The molecule has 0 aromatic heterocycles. The Kier molecular flexibility index (Phi) is 1.61. The fourth-order valence-electron chi connectivity index (χ4n) is 0.391. The van der Waals surface area contributed by atoms with Crippen molar-refractivity contribution in [1.29, 1.82) is 0 Å². The van der Waals surface area contributed by atoms with E-state index in [0.29, 0.717) is 0 Å². The third kappa shape index (κ3) is 1.35. The summed E-state index contributed by atoms with van der Waals surface area (Å²) < 4.78 is 0. The maximum absolute atomic E-state index is 10.5.